The monoisotopic (exact) mass is 324 g/mol. The largest absolute Gasteiger partial charge is 0.504 e. The minimum Gasteiger partial charge on any atom is -0.504 e. The van der Waals surface area contributed by atoms with Crippen LogP contribution in [0, 0.1) is 6.92 Å². The number of hydrogen-bond acceptors (Lipinski definition) is 5. The summed E-state index contributed by atoms with van der Waals surface area (Å²) in [7, 11) is 1.52. The van der Waals surface area contributed by atoms with E-state index in [-0.39, 0.29) is 5.75 Å². The van der Waals surface area contributed by atoms with Crippen LogP contribution < -0.4 is 4.74 Å². The lowest BCUT2D eigenvalue weighted by molar-refractivity contribution is 0.373. The van der Waals surface area contributed by atoms with Crippen LogP contribution in [0.25, 0.3) is 11.3 Å². The third-order valence-electron chi connectivity index (χ3n) is 3.37. The first-order valence-corrected chi connectivity index (χ1v) is 7.97. The van der Waals surface area contributed by atoms with Gasteiger partial charge in [-0.25, -0.2) is 9.98 Å². The Kier molecular flexibility index (Phi) is 4.39. The standard InChI is InChI=1S/C18H16N2O2S/c1-12-3-6-14(7-4-12)15-11-23-18(20-15)19-10-13-5-8-16(21)17(9-13)22-2/h3-11,21H,1-2H3/b19-10+. The van der Waals surface area contributed by atoms with Gasteiger partial charge in [-0.2, -0.15) is 0 Å². The highest BCUT2D eigenvalue weighted by Gasteiger charge is 2.04. The number of ether oxygens (including phenoxy) is 1. The van der Waals surface area contributed by atoms with Crippen molar-refractivity contribution in [1.29, 1.82) is 0 Å². The van der Waals surface area contributed by atoms with Gasteiger partial charge in [-0.1, -0.05) is 29.8 Å². The van der Waals surface area contributed by atoms with E-state index in [1.54, 1.807) is 24.4 Å². The average molecular weight is 324 g/mol. The van der Waals surface area contributed by atoms with E-state index in [4.69, 9.17) is 4.74 Å². The first-order valence-electron chi connectivity index (χ1n) is 7.09. The number of nitrogens with zero attached hydrogens (tertiary/aromatic N) is 2. The van der Waals surface area contributed by atoms with Gasteiger partial charge in [0.15, 0.2) is 11.5 Å². The maximum absolute atomic E-state index is 9.59. The van der Waals surface area contributed by atoms with Crippen molar-refractivity contribution in [1.82, 2.24) is 4.98 Å². The Balaban J connectivity index is 1.80. The predicted molar refractivity (Wildman–Crippen MR) is 94.2 cm³/mol. The van der Waals surface area contributed by atoms with Crippen molar-refractivity contribution in [3.05, 3.63) is 59.0 Å². The number of aromatic nitrogens is 1. The molecule has 0 aliphatic rings. The van der Waals surface area contributed by atoms with Gasteiger partial charge >= 0.3 is 0 Å². The summed E-state index contributed by atoms with van der Waals surface area (Å²) in [4.78, 5) is 8.92. The van der Waals surface area contributed by atoms with Gasteiger partial charge < -0.3 is 9.84 Å². The lowest BCUT2D eigenvalue weighted by atomic mass is 10.1. The highest BCUT2D eigenvalue weighted by atomic mass is 32.1. The molecule has 0 bridgehead atoms. The molecular formula is C18H16N2O2S. The van der Waals surface area contributed by atoms with Gasteiger partial charge in [0, 0.05) is 17.2 Å². The summed E-state index contributed by atoms with van der Waals surface area (Å²) in [5.41, 5.74) is 4.07. The molecule has 2 aromatic carbocycles. The van der Waals surface area contributed by atoms with Gasteiger partial charge in [0.05, 0.1) is 12.8 Å². The van der Waals surface area contributed by atoms with Gasteiger partial charge in [0.25, 0.3) is 0 Å². The van der Waals surface area contributed by atoms with Crippen molar-refractivity contribution in [3.63, 3.8) is 0 Å². The van der Waals surface area contributed by atoms with Crippen molar-refractivity contribution in [2.24, 2.45) is 4.99 Å². The van der Waals surface area contributed by atoms with E-state index >= 15 is 0 Å². The number of aryl methyl sites for hydroxylation is 1. The molecule has 0 radical (unpaired) electrons. The van der Waals surface area contributed by atoms with Crippen LogP contribution in [0.1, 0.15) is 11.1 Å². The molecule has 0 aliphatic carbocycles. The van der Waals surface area contributed by atoms with E-state index in [0.29, 0.717) is 10.9 Å². The van der Waals surface area contributed by atoms with Crippen LogP contribution in [0.4, 0.5) is 5.13 Å². The van der Waals surface area contributed by atoms with Crippen molar-refractivity contribution in [2.75, 3.05) is 7.11 Å². The third kappa shape index (κ3) is 3.57. The van der Waals surface area contributed by atoms with E-state index in [2.05, 4.69) is 41.2 Å². The molecule has 3 aromatic rings. The summed E-state index contributed by atoms with van der Waals surface area (Å²) in [6.07, 6.45) is 1.71. The van der Waals surface area contributed by atoms with Crippen molar-refractivity contribution < 1.29 is 9.84 Å². The van der Waals surface area contributed by atoms with Gasteiger partial charge in [-0.15, -0.1) is 11.3 Å². The Labute approximate surface area is 138 Å². The molecule has 0 amide bonds. The molecule has 0 saturated carbocycles. The van der Waals surface area contributed by atoms with Crippen molar-refractivity contribution in [3.8, 4) is 22.8 Å². The number of aromatic hydroxyl groups is 1. The number of rotatable bonds is 4. The van der Waals surface area contributed by atoms with Crippen LogP contribution in [0.3, 0.4) is 0 Å². The normalized spacial score (nSPS) is 11.0. The number of aliphatic imine (C=N–C) groups is 1. The molecule has 0 saturated heterocycles. The third-order valence-corrected chi connectivity index (χ3v) is 4.12. The van der Waals surface area contributed by atoms with Gasteiger partial charge in [-0.05, 0) is 30.7 Å². The van der Waals surface area contributed by atoms with E-state index in [1.807, 2.05) is 5.38 Å². The second-order valence-electron chi connectivity index (χ2n) is 5.07. The fraction of sp³-hybridized carbons (Fsp3) is 0.111. The second kappa shape index (κ2) is 6.62. The molecule has 5 heteroatoms. The van der Waals surface area contributed by atoms with Crippen LogP contribution in [0.15, 0.2) is 52.8 Å². The van der Waals surface area contributed by atoms with Crippen LogP contribution in [-0.4, -0.2) is 23.4 Å². The summed E-state index contributed by atoms with van der Waals surface area (Å²) >= 11 is 1.49. The first kappa shape index (κ1) is 15.2. The van der Waals surface area contributed by atoms with Crippen molar-refractivity contribution >= 4 is 22.7 Å². The number of hydrogen-bond donors (Lipinski definition) is 1. The number of phenols is 1. The highest BCUT2D eigenvalue weighted by molar-refractivity contribution is 7.13. The number of phenolic OH excluding ortho intramolecular Hbond substituents is 1. The van der Waals surface area contributed by atoms with E-state index in [0.717, 1.165) is 16.8 Å². The maximum Gasteiger partial charge on any atom is 0.209 e. The first-order chi connectivity index (χ1) is 11.2. The van der Waals surface area contributed by atoms with E-state index in [1.165, 1.54) is 24.0 Å². The summed E-state index contributed by atoms with van der Waals surface area (Å²) in [6.45, 7) is 2.06. The minimum absolute atomic E-state index is 0.112. The summed E-state index contributed by atoms with van der Waals surface area (Å²) in [5.74, 6) is 0.536. The Morgan fingerprint density at radius 1 is 1.17 bits per heavy atom. The second-order valence-corrected chi connectivity index (χ2v) is 5.91. The zero-order chi connectivity index (χ0) is 16.2. The molecule has 0 fully saturated rings. The molecule has 1 aromatic heterocycles. The fourth-order valence-electron chi connectivity index (χ4n) is 2.08. The Morgan fingerprint density at radius 3 is 2.70 bits per heavy atom. The zero-order valence-electron chi connectivity index (χ0n) is 12.9. The maximum atomic E-state index is 9.59. The highest BCUT2D eigenvalue weighted by Crippen LogP contribution is 2.28. The molecule has 23 heavy (non-hydrogen) atoms. The average Bonchev–Trinajstić information content (AvgIpc) is 3.04. The van der Waals surface area contributed by atoms with E-state index in [9.17, 15) is 5.11 Å². The van der Waals surface area contributed by atoms with Gasteiger partial charge in [-0.3, -0.25) is 0 Å². The number of methoxy groups -OCH3 is 1. The molecule has 0 spiro atoms. The summed E-state index contributed by atoms with van der Waals surface area (Å²) in [5, 5.41) is 12.3. The van der Waals surface area contributed by atoms with Crippen LogP contribution in [-0.2, 0) is 0 Å². The minimum atomic E-state index is 0.112. The smallest absolute Gasteiger partial charge is 0.209 e. The zero-order valence-corrected chi connectivity index (χ0v) is 13.7. The quantitative estimate of drug-likeness (QED) is 0.715. The molecule has 1 N–H and O–H groups in total. The molecule has 4 nitrogen and oxygen atoms in total. The van der Waals surface area contributed by atoms with Crippen LogP contribution in [0.5, 0.6) is 11.5 Å². The molecule has 1 heterocycles. The molecule has 0 atom stereocenters. The fourth-order valence-corrected chi connectivity index (χ4v) is 2.76. The molecular weight excluding hydrogens is 308 g/mol. The molecule has 0 aliphatic heterocycles. The molecule has 116 valence electrons. The topological polar surface area (TPSA) is 54.7 Å². The SMILES string of the molecule is COc1cc(/C=N/c2nc(-c3ccc(C)cc3)cs2)ccc1O. The summed E-state index contributed by atoms with van der Waals surface area (Å²) < 4.78 is 5.08. The lowest BCUT2D eigenvalue weighted by Crippen LogP contribution is -1.86. The Bertz CT molecular complexity index is 838. The Hall–Kier alpha value is -2.66. The predicted octanol–water partition coefficient (Wildman–Crippen LogP) is 4.58. The summed E-state index contributed by atoms with van der Waals surface area (Å²) in [6, 6.07) is 13.3. The molecule has 0 unspecified atom stereocenters. The van der Waals surface area contributed by atoms with Crippen LogP contribution in [0.2, 0.25) is 0 Å². The number of thiazole rings is 1. The van der Waals surface area contributed by atoms with Crippen molar-refractivity contribution in [2.45, 2.75) is 6.92 Å². The molecule has 3 rings (SSSR count). The van der Waals surface area contributed by atoms with Crippen LogP contribution >= 0.6 is 11.3 Å². The van der Waals surface area contributed by atoms with E-state index < -0.39 is 0 Å². The number of benzene rings is 2. The van der Waals surface area contributed by atoms with Gasteiger partial charge in [0.2, 0.25) is 5.13 Å². The Morgan fingerprint density at radius 2 is 1.96 bits per heavy atom. The lowest BCUT2D eigenvalue weighted by Gasteiger charge is -2.02. The van der Waals surface area contributed by atoms with Gasteiger partial charge in [0.1, 0.15) is 0 Å².